The van der Waals surface area contributed by atoms with Gasteiger partial charge >= 0.3 is 5.97 Å². The topological polar surface area (TPSA) is 79.2 Å². The highest BCUT2D eigenvalue weighted by Crippen LogP contribution is 2.19. The molecule has 0 bridgehead atoms. The van der Waals surface area contributed by atoms with Gasteiger partial charge in [0.15, 0.2) is 6.10 Å². The second kappa shape index (κ2) is 7.70. The number of nitrogens with one attached hydrogen (secondary N) is 1. The highest BCUT2D eigenvalue weighted by Gasteiger charge is 2.20. The lowest BCUT2D eigenvalue weighted by Gasteiger charge is -2.14. The molecule has 122 valence electrons. The molecule has 0 aliphatic heterocycles. The molecule has 0 spiro atoms. The number of benzene rings is 2. The molecule has 0 unspecified atom stereocenters. The highest BCUT2D eigenvalue weighted by molar-refractivity contribution is 9.10. The summed E-state index contributed by atoms with van der Waals surface area (Å²) in [6.45, 7) is 1.42. The summed E-state index contributed by atoms with van der Waals surface area (Å²) >= 11 is 3.07. The van der Waals surface area contributed by atoms with Crippen LogP contribution >= 0.6 is 15.9 Å². The third-order valence-corrected chi connectivity index (χ3v) is 3.74. The Bertz CT molecular complexity index is 816. The van der Waals surface area contributed by atoms with E-state index in [2.05, 4.69) is 21.2 Å². The molecule has 1 atom stereocenters. The van der Waals surface area contributed by atoms with Crippen LogP contribution in [-0.4, -0.2) is 18.0 Å². The monoisotopic (exact) mass is 390 g/mol. The summed E-state index contributed by atoms with van der Waals surface area (Å²) in [7, 11) is 0. The van der Waals surface area contributed by atoms with Crippen molar-refractivity contribution in [3.8, 4) is 6.07 Å². The molecule has 0 heterocycles. The minimum Gasteiger partial charge on any atom is -0.449 e. The van der Waals surface area contributed by atoms with E-state index in [4.69, 9.17) is 10.00 Å². The molecule has 24 heavy (non-hydrogen) atoms. The Kier molecular flexibility index (Phi) is 5.66. The van der Waals surface area contributed by atoms with Crippen molar-refractivity contribution in [3.05, 3.63) is 63.9 Å². The zero-order chi connectivity index (χ0) is 17.7. The van der Waals surface area contributed by atoms with Crippen molar-refractivity contribution >= 4 is 33.5 Å². The summed E-state index contributed by atoms with van der Waals surface area (Å²) in [5, 5.41) is 11.3. The van der Waals surface area contributed by atoms with Gasteiger partial charge in [0.1, 0.15) is 5.82 Å². The molecule has 0 fully saturated rings. The fourth-order valence-corrected chi connectivity index (χ4v) is 2.32. The van der Waals surface area contributed by atoms with Crippen LogP contribution in [-0.2, 0) is 9.53 Å². The van der Waals surface area contributed by atoms with Crippen molar-refractivity contribution in [1.29, 1.82) is 5.26 Å². The molecule has 0 aromatic heterocycles. The Morgan fingerprint density at radius 3 is 2.50 bits per heavy atom. The minimum absolute atomic E-state index is 0.120. The summed E-state index contributed by atoms with van der Waals surface area (Å²) in [5.74, 6) is -1.76. The van der Waals surface area contributed by atoms with Gasteiger partial charge in [-0.3, -0.25) is 4.79 Å². The van der Waals surface area contributed by atoms with Gasteiger partial charge in [0, 0.05) is 10.2 Å². The summed E-state index contributed by atoms with van der Waals surface area (Å²) in [6, 6.07) is 11.8. The van der Waals surface area contributed by atoms with E-state index in [1.165, 1.54) is 13.0 Å². The van der Waals surface area contributed by atoms with Crippen molar-refractivity contribution in [2.45, 2.75) is 13.0 Å². The average Bonchev–Trinajstić information content (AvgIpc) is 2.55. The molecule has 5 nitrogen and oxygen atoms in total. The van der Waals surface area contributed by atoms with Gasteiger partial charge in [0.2, 0.25) is 0 Å². The van der Waals surface area contributed by atoms with Gasteiger partial charge in [0.05, 0.1) is 17.2 Å². The summed E-state index contributed by atoms with van der Waals surface area (Å²) < 4.78 is 18.4. The Balaban J connectivity index is 2.00. The van der Waals surface area contributed by atoms with Gasteiger partial charge in [-0.2, -0.15) is 5.26 Å². The normalized spacial score (nSPS) is 11.2. The summed E-state index contributed by atoms with van der Waals surface area (Å²) in [6.07, 6.45) is -1.05. The van der Waals surface area contributed by atoms with E-state index in [1.54, 1.807) is 24.3 Å². The number of hydrogen-bond acceptors (Lipinski definition) is 4. The second-order valence-corrected chi connectivity index (χ2v) is 5.70. The Morgan fingerprint density at radius 1 is 1.25 bits per heavy atom. The number of ether oxygens (including phenoxy) is 1. The number of anilines is 1. The lowest BCUT2D eigenvalue weighted by molar-refractivity contribution is -0.123. The van der Waals surface area contributed by atoms with Crippen molar-refractivity contribution in [2.24, 2.45) is 0 Å². The van der Waals surface area contributed by atoms with Crippen molar-refractivity contribution in [3.63, 3.8) is 0 Å². The SMILES string of the molecule is C[C@@H](OC(=O)c1ccc(F)cc1Br)C(=O)Nc1ccc(C#N)cc1. The molecular formula is C17H12BrFN2O3. The number of carbonyl (C=O) groups is 2. The molecule has 0 aliphatic carbocycles. The van der Waals surface area contributed by atoms with E-state index < -0.39 is 23.8 Å². The van der Waals surface area contributed by atoms with Gasteiger partial charge in [0.25, 0.3) is 5.91 Å². The van der Waals surface area contributed by atoms with Crippen LogP contribution in [0.15, 0.2) is 46.9 Å². The number of amides is 1. The molecule has 7 heteroatoms. The van der Waals surface area contributed by atoms with Crippen LogP contribution in [0.2, 0.25) is 0 Å². The van der Waals surface area contributed by atoms with Gasteiger partial charge in [-0.05, 0) is 65.3 Å². The zero-order valence-electron chi connectivity index (χ0n) is 12.5. The molecule has 2 rings (SSSR count). The number of halogens is 2. The fourth-order valence-electron chi connectivity index (χ4n) is 1.80. The van der Waals surface area contributed by atoms with Gasteiger partial charge in [-0.1, -0.05) is 0 Å². The number of nitriles is 1. The quantitative estimate of drug-likeness (QED) is 0.808. The van der Waals surface area contributed by atoms with E-state index in [-0.39, 0.29) is 10.0 Å². The highest BCUT2D eigenvalue weighted by atomic mass is 79.9. The lowest BCUT2D eigenvalue weighted by atomic mass is 10.2. The first kappa shape index (κ1) is 17.6. The standard InChI is InChI=1S/C17H12BrFN2O3/c1-10(16(22)21-13-5-2-11(9-20)3-6-13)24-17(23)14-7-4-12(19)8-15(14)18/h2-8,10H,1H3,(H,21,22)/t10-/m1/s1. The van der Waals surface area contributed by atoms with E-state index in [9.17, 15) is 14.0 Å². The van der Waals surface area contributed by atoms with Crippen molar-refractivity contribution < 1.29 is 18.7 Å². The van der Waals surface area contributed by atoms with Crippen LogP contribution in [0.1, 0.15) is 22.8 Å². The molecule has 0 saturated carbocycles. The maximum Gasteiger partial charge on any atom is 0.340 e. The summed E-state index contributed by atoms with van der Waals surface area (Å²) in [5.41, 5.74) is 1.06. The summed E-state index contributed by atoms with van der Waals surface area (Å²) in [4.78, 5) is 24.1. The number of esters is 1. The minimum atomic E-state index is -1.05. The predicted molar refractivity (Wildman–Crippen MR) is 88.8 cm³/mol. The van der Waals surface area contributed by atoms with Crippen LogP contribution in [0, 0.1) is 17.1 Å². The van der Waals surface area contributed by atoms with Gasteiger partial charge in [-0.25, -0.2) is 9.18 Å². The molecule has 1 N–H and O–H groups in total. The van der Waals surface area contributed by atoms with Crippen LogP contribution in [0.5, 0.6) is 0 Å². The predicted octanol–water partition coefficient (Wildman–Crippen LogP) is 3.64. The van der Waals surface area contributed by atoms with E-state index in [1.807, 2.05) is 6.07 Å². The first-order chi connectivity index (χ1) is 11.4. The molecule has 0 aliphatic rings. The largest absolute Gasteiger partial charge is 0.449 e. The van der Waals surface area contributed by atoms with E-state index in [0.717, 1.165) is 12.1 Å². The van der Waals surface area contributed by atoms with Gasteiger partial charge < -0.3 is 10.1 Å². The maximum atomic E-state index is 13.0. The van der Waals surface area contributed by atoms with Gasteiger partial charge in [-0.15, -0.1) is 0 Å². The Hall–Kier alpha value is -2.72. The lowest BCUT2D eigenvalue weighted by Crippen LogP contribution is -2.30. The Labute approximate surface area is 146 Å². The van der Waals surface area contributed by atoms with Crippen LogP contribution in [0.4, 0.5) is 10.1 Å². The zero-order valence-corrected chi connectivity index (χ0v) is 14.1. The van der Waals surface area contributed by atoms with Crippen LogP contribution in [0.3, 0.4) is 0 Å². The molecule has 1 amide bonds. The number of hydrogen-bond donors (Lipinski definition) is 1. The van der Waals surface area contributed by atoms with Crippen molar-refractivity contribution in [1.82, 2.24) is 0 Å². The molecule has 2 aromatic carbocycles. The number of nitrogens with zero attached hydrogens (tertiary/aromatic N) is 1. The smallest absolute Gasteiger partial charge is 0.340 e. The molecule has 0 radical (unpaired) electrons. The number of carbonyl (C=O) groups excluding carboxylic acids is 2. The van der Waals surface area contributed by atoms with Crippen LogP contribution < -0.4 is 5.32 Å². The first-order valence-corrected chi connectivity index (χ1v) is 7.67. The Morgan fingerprint density at radius 2 is 1.92 bits per heavy atom. The van der Waals surface area contributed by atoms with E-state index in [0.29, 0.717) is 11.3 Å². The maximum absolute atomic E-state index is 13.0. The fraction of sp³-hybridized carbons (Fsp3) is 0.118. The third-order valence-electron chi connectivity index (χ3n) is 3.09. The second-order valence-electron chi connectivity index (χ2n) is 4.85. The number of rotatable bonds is 4. The third kappa shape index (κ3) is 4.40. The molecular weight excluding hydrogens is 379 g/mol. The molecule has 0 saturated heterocycles. The average molecular weight is 391 g/mol. The van der Waals surface area contributed by atoms with Crippen molar-refractivity contribution in [2.75, 3.05) is 5.32 Å². The van der Waals surface area contributed by atoms with E-state index >= 15 is 0 Å². The van der Waals surface area contributed by atoms with Crippen LogP contribution in [0.25, 0.3) is 0 Å². The first-order valence-electron chi connectivity index (χ1n) is 6.88. The molecule has 2 aromatic rings.